The lowest BCUT2D eigenvalue weighted by Crippen LogP contribution is -2.19. The van der Waals surface area contributed by atoms with Gasteiger partial charge in [-0.1, -0.05) is 11.6 Å². The quantitative estimate of drug-likeness (QED) is 0.926. The minimum atomic E-state index is 0.134. The highest BCUT2D eigenvalue weighted by Crippen LogP contribution is 2.51. The summed E-state index contributed by atoms with van der Waals surface area (Å²) in [6.07, 6.45) is 4.45. The van der Waals surface area contributed by atoms with E-state index in [0.717, 1.165) is 34.5 Å². The number of nitrogens with zero attached hydrogens (tertiary/aromatic N) is 1. The van der Waals surface area contributed by atoms with Crippen LogP contribution in [-0.2, 0) is 12.5 Å². The van der Waals surface area contributed by atoms with Crippen molar-refractivity contribution < 1.29 is 4.74 Å². The molecule has 0 unspecified atom stereocenters. The number of rotatable bonds is 3. The molecule has 2 aromatic rings. The lowest BCUT2D eigenvalue weighted by atomic mass is 9.95. The van der Waals surface area contributed by atoms with Crippen LogP contribution in [0, 0.1) is 0 Å². The normalized spacial score (nSPS) is 17.1. The molecule has 1 saturated carbocycles. The molecule has 1 aliphatic rings. The van der Waals surface area contributed by atoms with Crippen molar-refractivity contribution in [2.75, 3.05) is 13.7 Å². The minimum Gasteiger partial charge on any atom is -0.495 e. The van der Waals surface area contributed by atoms with Gasteiger partial charge in [0, 0.05) is 30.6 Å². The Kier molecular flexibility index (Phi) is 2.57. The summed E-state index contributed by atoms with van der Waals surface area (Å²) in [4.78, 5) is 0. The Labute approximate surface area is 111 Å². The summed E-state index contributed by atoms with van der Waals surface area (Å²) >= 11 is 6.39. The number of benzene rings is 1. The van der Waals surface area contributed by atoms with Crippen LogP contribution in [0.1, 0.15) is 18.4 Å². The lowest BCUT2D eigenvalue weighted by molar-refractivity contribution is 0.418. The Bertz CT molecular complexity index is 614. The van der Waals surface area contributed by atoms with Gasteiger partial charge in [-0.3, -0.25) is 0 Å². The molecule has 2 N–H and O–H groups in total. The summed E-state index contributed by atoms with van der Waals surface area (Å²) in [5.74, 6) is 0.857. The second-order valence-corrected chi connectivity index (χ2v) is 5.52. The van der Waals surface area contributed by atoms with Gasteiger partial charge in [0.05, 0.1) is 17.6 Å². The molecule has 96 valence electrons. The van der Waals surface area contributed by atoms with Crippen molar-refractivity contribution in [2.24, 2.45) is 12.8 Å². The molecule has 3 rings (SSSR count). The number of ether oxygens (including phenoxy) is 1. The van der Waals surface area contributed by atoms with E-state index in [4.69, 9.17) is 22.1 Å². The number of nitrogens with two attached hydrogens (primary N) is 1. The zero-order chi connectivity index (χ0) is 12.9. The molecule has 18 heavy (non-hydrogen) atoms. The molecule has 1 aromatic heterocycles. The van der Waals surface area contributed by atoms with Crippen molar-refractivity contribution >= 4 is 22.5 Å². The van der Waals surface area contributed by atoms with E-state index in [0.29, 0.717) is 6.54 Å². The Morgan fingerprint density at radius 2 is 2.17 bits per heavy atom. The Morgan fingerprint density at radius 3 is 2.72 bits per heavy atom. The largest absolute Gasteiger partial charge is 0.495 e. The average molecular weight is 265 g/mol. The third-order valence-corrected chi connectivity index (χ3v) is 4.39. The maximum absolute atomic E-state index is 6.39. The molecule has 0 radical (unpaired) electrons. The van der Waals surface area contributed by atoms with Crippen molar-refractivity contribution in [3.8, 4) is 5.75 Å². The summed E-state index contributed by atoms with van der Waals surface area (Å²) in [5, 5.41) is 1.88. The van der Waals surface area contributed by atoms with Crippen LogP contribution in [0.25, 0.3) is 10.9 Å². The maximum Gasteiger partial charge on any atom is 0.143 e. The number of halogens is 1. The molecule has 0 atom stereocenters. The van der Waals surface area contributed by atoms with Crippen LogP contribution in [0.4, 0.5) is 0 Å². The van der Waals surface area contributed by atoms with E-state index in [9.17, 15) is 0 Å². The van der Waals surface area contributed by atoms with Crippen molar-refractivity contribution in [1.29, 1.82) is 0 Å². The number of methoxy groups -OCH3 is 1. The van der Waals surface area contributed by atoms with Gasteiger partial charge in [0.2, 0.25) is 0 Å². The van der Waals surface area contributed by atoms with Crippen molar-refractivity contribution in [3.63, 3.8) is 0 Å². The molecule has 4 heteroatoms. The van der Waals surface area contributed by atoms with Crippen LogP contribution in [-0.4, -0.2) is 18.2 Å². The fourth-order valence-corrected chi connectivity index (χ4v) is 3.03. The number of hydrogen-bond donors (Lipinski definition) is 1. The fourth-order valence-electron chi connectivity index (χ4n) is 2.78. The number of aromatic nitrogens is 1. The summed E-state index contributed by atoms with van der Waals surface area (Å²) in [5.41, 5.74) is 8.40. The molecule has 0 aliphatic heterocycles. The molecule has 1 aromatic carbocycles. The molecule has 0 saturated heterocycles. The number of fused-ring (bicyclic) bond motifs is 1. The first kappa shape index (κ1) is 11.9. The molecule has 1 fully saturated rings. The first-order valence-electron chi connectivity index (χ1n) is 6.15. The highest BCUT2D eigenvalue weighted by atomic mass is 35.5. The molecular formula is C14H17ClN2O. The molecule has 0 spiro atoms. The van der Waals surface area contributed by atoms with Gasteiger partial charge in [-0.25, -0.2) is 0 Å². The lowest BCUT2D eigenvalue weighted by Gasteiger charge is -2.12. The van der Waals surface area contributed by atoms with Crippen LogP contribution in [0.3, 0.4) is 0 Å². The van der Waals surface area contributed by atoms with Gasteiger partial charge < -0.3 is 15.0 Å². The predicted molar refractivity (Wildman–Crippen MR) is 74.4 cm³/mol. The highest BCUT2D eigenvalue weighted by molar-refractivity contribution is 6.36. The zero-order valence-corrected chi connectivity index (χ0v) is 11.4. The van der Waals surface area contributed by atoms with Crippen LogP contribution in [0.2, 0.25) is 5.02 Å². The minimum absolute atomic E-state index is 0.134. The molecule has 0 amide bonds. The second kappa shape index (κ2) is 3.90. The Balaban J connectivity index is 2.35. The summed E-state index contributed by atoms with van der Waals surface area (Å²) < 4.78 is 7.52. The van der Waals surface area contributed by atoms with Crippen LogP contribution >= 0.6 is 11.6 Å². The van der Waals surface area contributed by atoms with E-state index in [1.807, 2.05) is 19.2 Å². The SMILES string of the molecule is COc1ccc(Cl)c2c(C3(CN)CC3)cn(C)c12. The Hall–Kier alpha value is -1.19. The summed E-state index contributed by atoms with van der Waals surface area (Å²) in [6.45, 7) is 0.680. The molecule has 0 bridgehead atoms. The first-order valence-corrected chi connectivity index (χ1v) is 6.53. The van der Waals surface area contributed by atoms with Gasteiger partial charge in [0.25, 0.3) is 0 Å². The molecule has 3 nitrogen and oxygen atoms in total. The van der Waals surface area contributed by atoms with Crippen LogP contribution < -0.4 is 10.5 Å². The van der Waals surface area contributed by atoms with Gasteiger partial charge >= 0.3 is 0 Å². The van der Waals surface area contributed by atoms with Gasteiger partial charge in [-0.05, 0) is 30.5 Å². The smallest absolute Gasteiger partial charge is 0.143 e. The molecular weight excluding hydrogens is 248 g/mol. The second-order valence-electron chi connectivity index (χ2n) is 5.11. The average Bonchev–Trinajstić information content (AvgIpc) is 3.10. The van der Waals surface area contributed by atoms with Gasteiger partial charge in [0.1, 0.15) is 5.75 Å². The summed E-state index contributed by atoms with van der Waals surface area (Å²) in [6, 6.07) is 3.81. The van der Waals surface area contributed by atoms with Crippen molar-refractivity contribution in [3.05, 3.63) is 28.9 Å². The van der Waals surface area contributed by atoms with E-state index in [1.165, 1.54) is 5.56 Å². The van der Waals surface area contributed by atoms with Gasteiger partial charge in [-0.15, -0.1) is 0 Å². The standard InChI is InChI=1S/C14H17ClN2O/c1-17-7-9(14(8-16)5-6-14)12-10(15)3-4-11(18-2)13(12)17/h3-4,7H,5-6,8,16H2,1-2H3. The zero-order valence-electron chi connectivity index (χ0n) is 10.7. The van der Waals surface area contributed by atoms with E-state index in [2.05, 4.69) is 10.8 Å². The Morgan fingerprint density at radius 1 is 1.44 bits per heavy atom. The van der Waals surface area contributed by atoms with E-state index in [1.54, 1.807) is 7.11 Å². The first-order chi connectivity index (χ1) is 8.63. The van der Waals surface area contributed by atoms with Gasteiger partial charge in [-0.2, -0.15) is 0 Å². The van der Waals surface area contributed by atoms with E-state index < -0.39 is 0 Å². The van der Waals surface area contributed by atoms with Crippen LogP contribution in [0.5, 0.6) is 5.75 Å². The third kappa shape index (κ3) is 1.47. The van der Waals surface area contributed by atoms with Gasteiger partial charge in [0.15, 0.2) is 0 Å². The van der Waals surface area contributed by atoms with Crippen LogP contribution in [0.15, 0.2) is 18.3 Å². The monoisotopic (exact) mass is 264 g/mol. The molecule has 1 heterocycles. The number of aryl methyl sites for hydroxylation is 1. The predicted octanol–water partition coefficient (Wildman–Crippen LogP) is 2.83. The highest BCUT2D eigenvalue weighted by Gasteiger charge is 2.45. The number of hydrogen-bond acceptors (Lipinski definition) is 2. The van der Waals surface area contributed by atoms with Crippen molar-refractivity contribution in [1.82, 2.24) is 4.57 Å². The van der Waals surface area contributed by atoms with E-state index >= 15 is 0 Å². The maximum atomic E-state index is 6.39. The van der Waals surface area contributed by atoms with E-state index in [-0.39, 0.29) is 5.41 Å². The summed E-state index contributed by atoms with van der Waals surface area (Å²) in [7, 11) is 3.71. The molecule has 1 aliphatic carbocycles. The fraction of sp³-hybridized carbons (Fsp3) is 0.429. The topological polar surface area (TPSA) is 40.2 Å². The van der Waals surface area contributed by atoms with Crippen molar-refractivity contribution in [2.45, 2.75) is 18.3 Å². The third-order valence-electron chi connectivity index (χ3n) is 4.07.